The molecule has 1 aromatic carbocycles. The van der Waals surface area contributed by atoms with Crippen molar-refractivity contribution in [2.75, 3.05) is 26.2 Å². The average molecular weight is 387 g/mol. The van der Waals surface area contributed by atoms with Crippen molar-refractivity contribution in [2.24, 2.45) is 11.1 Å². The van der Waals surface area contributed by atoms with E-state index in [1.165, 1.54) is 5.56 Å². The predicted molar refractivity (Wildman–Crippen MR) is 109 cm³/mol. The van der Waals surface area contributed by atoms with Gasteiger partial charge in [0.05, 0.1) is 10.8 Å². The van der Waals surface area contributed by atoms with E-state index in [4.69, 9.17) is 4.84 Å². The maximum Gasteiger partial charge on any atom is 0.307 e. The van der Waals surface area contributed by atoms with Crippen molar-refractivity contribution in [3.63, 3.8) is 0 Å². The lowest BCUT2D eigenvalue weighted by Crippen LogP contribution is -2.40. The van der Waals surface area contributed by atoms with Gasteiger partial charge in [-0.05, 0) is 55.8 Å². The van der Waals surface area contributed by atoms with Gasteiger partial charge in [0, 0.05) is 18.7 Å². The van der Waals surface area contributed by atoms with Crippen molar-refractivity contribution < 1.29 is 14.7 Å². The van der Waals surface area contributed by atoms with Gasteiger partial charge in [0.25, 0.3) is 0 Å². The van der Waals surface area contributed by atoms with Gasteiger partial charge in [-0.1, -0.05) is 29.4 Å². The Bertz CT molecular complexity index is 815. The highest BCUT2D eigenvalue weighted by Crippen LogP contribution is 2.23. The zero-order valence-corrected chi connectivity index (χ0v) is 16.7. The Balaban J connectivity index is 1.67. The van der Waals surface area contributed by atoms with Crippen LogP contribution in [0.1, 0.15) is 34.4 Å². The minimum absolute atomic E-state index is 0.265. The summed E-state index contributed by atoms with van der Waals surface area (Å²) in [6.45, 7) is 6.82. The van der Waals surface area contributed by atoms with E-state index in [-0.39, 0.29) is 5.92 Å². The highest BCUT2D eigenvalue weighted by Gasteiger charge is 2.25. The van der Waals surface area contributed by atoms with Crippen molar-refractivity contribution in [3.05, 3.63) is 57.3 Å². The van der Waals surface area contributed by atoms with Gasteiger partial charge in [-0.25, -0.2) is 0 Å². The number of likely N-dealkylation sites (tertiary alicyclic amines) is 1. The molecule has 1 saturated heterocycles. The summed E-state index contributed by atoms with van der Waals surface area (Å²) in [6, 6.07) is 10.3. The molecule has 1 aliphatic rings. The summed E-state index contributed by atoms with van der Waals surface area (Å²) < 4.78 is 0. The van der Waals surface area contributed by atoms with Crippen LogP contribution >= 0.6 is 11.3 Å². The first-order valence-electron chi connectivity index (χ1n) is 9.32. The highest BCUT2D eigenvalue weighted by atomic mass is 32.1. The molecular weight excluding hydrogens is 360 g/mol. The number of nitrogens with zero attached hydrogens (tertiary/aromatic N) is 2. The molecule has 0 amide bonds. The molecule has 0 bridgehead atoms. The number of rotatable bonds is 7. The smallest absolute Gasteiger partial charge is 0.307 e. The standard InChI is InChI=1S/C21H26N2O3S/c1-15-6-3-4-8-18(15)19(20-16(2)9-13-27-20)22-26-12-11-23-10-5-7-17(14-23)21(24)25/h3-4,6,8-9,13,17H,5,7,10-12,14H2,1-2H3,(H,24,25)/b22-19+. The molecule has 1 aromatic heterocycles. The molecule has 0 aliphatic carbocycles. The zero-order chi connectivity index (χ0) is 19.2. The quantitative estimate of drug-likeness (QED) is 0.445. The molecule has 0 spiro atoms. The van der Waals surface area contributed by atoms with Crippen LogP contribution in [-0.4, -0.2) is 47.9 Å². The van der Waals surface area contributed by atoms with E-state index in [1.54, 1.807) is 11.3 Å². The van der Waals surface area contributed by atoms with Gasteiger partial charge in [0.2, 0.25) is 0 Å². The predicted octanol–water partition coefficient (Wildman–Crippen LogP) is 3.93. The fraction of sp³-hybridized carbons (Fsp3) is 0.429. The molecule has 6 heteroatoms. The minimum Gasteiger partial charge on any atom is -0.481 e. The molecule has 1 atom stereocenters. The SMILES string of the molecule is Cc1ccccc1/C(=N\OCCN1CCCC(C(=O)O)C1)c1sccc1C. The van der Waals surface area contributed by atoms with Gasteiger partial charge in [0.15, 0.2) is 0 Å². The number of thiophene rings is 1. The Morgan fingerprint density at radius 2 is 2.11 bits per heavy atom. The summed E-state index contributed by atoms with van der Waals surface area (Å²) in [7, 11) is 0. The maximum atomic E-state index is 11.2. The Kier molecular flexibility index (Phi) is 6.63. The van der Waals surface area contributed by atoms with Crippen molar-refractivity contribution >= 4 is 23.0 Å². The monoisotopic (exact) mass is 386 g/mol. The lowest BCUT2D eigenvalue weighted by atomic mass is 9.98. The third kappa shape index (κ3) is 4.96. The molecule has 5 nitrogen and oxygen atoms in total. The number of carboxylic acid groups (broad SMARTS) is 1. The van der Waals surface area contributed by atoms with Crippen LogP contribution in [0.25, 0.3) is 0 Å². The van der Waals surface area contributed by atoms with E-state index in [0.29, 0.717) is 19.7 Å². The molecule has 1 fully saturated rings. The number of carboxylic acids is 1. The fourth-order valence-corrected chi connectivity index (χ4v) is 4.33. The normalized spacial score (nSPS) is 18.4. The summed E-state index contributed by atoms with van der Waals surface area (Å²) in [5, 5.41) is 15.8. The highest BCUT2D eigenvalue weighted by molar-refractivity contribution is 7.12. The van der Waals surface area contributed by atoms with Crippen LogP contribution in [-0.2, 0) is 9.63 Å². The first-order chi connectivity index (χ1) is 13.1. The van der Waals surface area contributed by atoms with E-state index < -0.39 is 5.97 Å². The topological polar surface area (TPSA) is 62.1 Å². The van der Waals surface area contributed by atoms with E-state index >= 15 is 0 Å². The molecule has 1 N–H and O–H groups in total. The fourth-order valence-electron chi connectivity index (χ4n) is 3.41. The van der Waals surface area contributed by atoms with E-state index in [1.807, 2.05) is 12.1 Å². The number of aliphatic carboxylic acids is 1. The number of oxime groups is 1. The summed E-state index contributed by atoms with van der Waals surface area (Å²) in [6.07, 6.45) is 1.68. The lowest BCUT2D eigenvalue weighted by molar-refractivity contribution is -0.143. The summed E-state index contributed by atoms with van der Waals surface area (Å²) >= 11 is 1.66. The van der Waals surface area contributed by atoms with Crippen LogP contribution in [0, 0.1) is 19.8 Å². The lowest BCUT2D eigenvalue weighted by Gasteiger charge is -2.29. The van der Waals surface area contributed by atoms with E-state index in [9.17, 15) is 9.90 Å². The van der Waals surface area contributed by atoms with Gasteiger partial charge < -0.3 is 9.94 Å². The van der Waals surface area contributed by atoms with Gasteiger partial charge in [-0.15, -0.1) is 11.3 Å². The molecule has 1 aliphatic heterocycles. The molecule has 2 heterocycles. The minimum atomic E-state index is -0.700. The van der Waals surface area contributed by atoms with Crippen LogP contribution in [0.4, 0.5) is 0 Å². The maximum absolute atomic E-state index is 11.2. The molecule has 1 unspecified atom stereocenters. The number of hydrogen-bond donors (Lipinski definition) is 1. The average Bonchev–Trinajstić information content (AvgIpc) is 3.09. The molecule has 2 aromatic rings. The first kappa shape index (κ1) is 19.6. The Morgan fingerprint density at radius 3 is 2.81 bits per heavy atom. The van der Waals surface area contributed by atoms with Crippen molar-refractivity contribution in [1.82, 2.24) is 4.90 Å². The molecule has 27 heavy (non-hydrogen) atoms. The number of benzene rings is 1. The second-order valence-electron chi connectivity index (χ2n) is 7.00. The largest absolute Gasteiger partial charge is 0.481 e. The molecule has 144 valence electrons. The summed E-state index contributed by atoms with van der Waals surface area (Å²) in [5.74, 6) is -0.966. The van der Waals surface area contributed by atoms with E-state index in [0.717, 1.165) is 41.1 Å². The van der Waals surface area contributed by atoms with Crippen LogP contribution in [0.3, 0.4) is 0 Å². The van der Waals surface area contributed by atoms with Gasteiger partial charge in [-0.3, -0.25) is 9.69 Å². The van der Waals surface area contributed by atoms with Crippen molar-refractivity contribution in [1.29, 1.82) is 0 Å². The van der Waals surface area contributed by atoms with Gasteiger partial charge in [-0.2, -0.15) is 0 Å². The van der Waals surface area contributed by atoms with Crippen LogP contribution in [0.5, 0.6) is 0 Å². The first-order valence-corrected chi connectivity index (χ1v) is 10.2. The number of carbonyl (C=O) groups is 1. The number of hydrogen-bond acceptors (Lipinski definition) is 5. The van der Waals surface area contributed by atoms with Crippen LogP contribution in [0.2, 0.25) is 0 Å². The molecule has 0 saturated carbocycles. The molecule has 0 radical (unpaired) electrons. The third-order valence-corrected chi connectivity index (χ3v) is 6.01. The second-order valence-corrected chi connectivity index (χ2v) is 7.91. The van der Waals surface area contributed by atoms with E-state index in [2.05, 4.69) is 47.5 Å². The van der Waals surface area contributed by atoms with Crippen LogP contribution in [0.15, 0.2) is 40.9 Å². The van der Waals surface area contributed by atoms with Gasteiger partial charge in [0.1, 0.15) is 12.3 Å². The molecular formula is C21H26N2O3S. The Hall–Kier alpha value is -2.18. The van der Waals surface area contributed by atoms with Crippen molar-refractivity contribution in [2.45, 2.75) is 26.7 Å². The summed E-state index contributed by atoms with van der Waals surface area (Å²) in [5.41, 5.74) is 4.29. The Morgan fingerprint density at radius 1 is 1.30 bits per heavy atom. The second kappa shape index (κ2) is 9.15. The van der Waals surface area contributed by atoms with Crippen LogP contribution < -0.4 is 0 Å². The number of piperidine rings is 1. The Labute approximate surface area is 164 Å². The molecule has 3 rings (SSSR count). The number of aryl methyl sites for hydroxylation is 2. The van der Waals surface area contributed by atoms with Gasteiger partial charge >= 0.3 is 5.97 Å². The zero-order valence-electron chi connectivity index (χ0n) is 15.9. The third-order valence-electron chi connectivity index (χ3n) is 4.99. The summed E-state index contributed by atoms with van der Waals surface area (Å²) in [4.78, 5) is 20.2. The van der Waals surface area contributed by atoms with Crippen molar-refractivity contribution in [3.8, 4) is 0 Å².